The highest BCUT2D eigenvalue weighted by molar-refractivity contribution is 5.72. The Bertz CT molecular complexity index is 880. The number of methoxy groups -OCH3 is 1. The number of aromatic nitrogens is 1. The van der Waals surface area contributed by atoms with Crippen molar-refractivity contribution in [2.45, 2.75) is 25.8 Å². The van der Waals surface area contributed by atoms with Crippen molar-refractivity contribution in [3.05, 3.63) is 64.6 Å². The molecule has 0 atom stereocenters. The van der Waals surface area contributed by atoms with Gasteiger partial charge in [-0.3, -0.25) is 4.57 Å². The van der Waals surface area contributed by atoms with Gasteiger partial charge in [0.15, 0.2) is 5.58 Å². The second kappa shape index (κ2) is 8.72. The van der Waals surface area contributed by atoms with Crippen molar-refractivity contribution in [3.63, 3.8) is 0 Å². The number of hydrogen-bond donors (Lipinski definition) is 0. The van der Waals surface area contributed by atoms with Crippen LogP contribution in [0.1, 0.15) is 18.4 Å². The summed E-state index contributed by atoms with van der Waals surface area (Å²) >= 11 is 0. The van der Waals surface area contributed by atoms with Crippen molar-refractivity contribution in [1.29, 1.82) is 0 Å². The average molecular weight is 354 g/mol. The van der Waals surface area contributed by atoms with Crippen LogP contribution in [-0.2, 0) is 13.0 Å². The second-order valence-electron chi connectivity index (χ2n) is 6.60. The van der Waals surface area contributed by atoms with Crippen molar-refractivity contribution in [2.24, 2.45) is 0 Å². The number of nitrogens with zero attached hydrogens (tertiary/aromatic N) is 2. The lowest BCUT2D eigenvalue weighted by Gasteiger charge is -2.16. The van der Waals surface area contributed by atoms with E-state index in [1.165, 1.54) is 5.56 Å². The molecule has 3 aromatic rings. The van der Waals surface area contributed by atoms with Crippen molar-refractivity contribution in [1.82, 2.24) is 9.47 Å². The van der Waals surface area contributed by atoms with Gasteiger partial charge in [0.2, 0.25) is 0 Å². The molecule has 1 heterocycles. The van der Waals surface area contributed by atoms with Crippen LogP contribution in [0.15, 0.2) is 57.7 Å². The van der Waals surface area contributed by atoms with Crippen LogP contribution in [0.3, 0.4) is 0 Å². The van der Waals surface area contributed by atoms with Gasteiger partial charge in [0, 0.05) is 6.54 Å². The van der Waals surface area contributed by atoms with Gasteiger partial charge in [0.25, 0.3) is 0 Å². The van der Waals surface area contributed by atoms with Gasteiger partial charge in [-0.05, 0) is 69.2 Å². The van der Waals surface area contributed by atoms with Gasteiger partial charge in [0.05, 0.1) is 12.6 Å². The fourth-order valence-corrected chi connectivity index (χ4v) is 3.18. The summed E-state index contributed by atoms with van der Waals surface area (Å²) in [6, 6.07) is 15.8. The highest BCUT2D eigenvalue weighted by atomic mass is 16.5. The van der Waals surface area contributed by atoms with Gasteiger partial charge in [-0.1, -0.05) is 24.3 Å². The predicted octanol–water partition coefficient (Wildman–Crippen LogP) is 3.56. The monoisotopic (exact) mass is 354 g/mol. The molecule has 0 bridgehead atoms. The van der Waals surface area contributed by atoms with Crippen LogP contribution in [0.5, 0.6) is 5.75 Å². The molecule has 2 aromatic carbocycles. The SMILES string of the molecule is COc1ccc(CCCN(C)CCCn2c(=O)oc3ccccc32)cc1. The van der Waals surface area contributed by atoms with Crippen LogP contribution in [0.25, 0.3) is 11.1 Å². The van der Waals surface area contributed by atoms with Gasteiger partial charge in [-0.15, -0.1) is 0 Å². The average Bonchev–Trinajstić information content (AvgIpc) is 2.98. The number of para-hydroxylation sites is 2. The summed E-state index contributed by atoms with van der Waals surface area (Å²) in [4.78, 5) is 14.3. The molecule has 0 aliphatic heterocycles. The van der Waals surface area contributed by atoms with Crippen LogP contribution >= 0.6 is 0 Å². The van der Waals surface area contributed by atoms with Crippen molar-refractivity contribution < 1.29 is 9.15 Å². The van der Waals surface area contributed by atoms with E-state index in [0.29, 0.717) is 12.1 Å². The highest BCUT2D eigenvalue weighted by Gasteiger charge is 2.08. The summed E-state index contributed by atoms with van der Waals surface area (Å²) in [6.45, 7) is 2.67. The summed E-state index contributed by atoms with van der Waals surface area (Å²) in [7, 11) is 3.81. The van der Waals surface area contributed by atoms with Crippen molar-refractivity contribution in [3.8, 4) is 5.75 Å². The Morgan fingerprint density at radius 1 is 1.04 bits per heavy atom. The van der Waals surface area contributed by atoms with E-state index in [4.69, 9.17) is 9.15 Å². The molecule has 0 amide bonds. The Morgan fingerprint density at radius 3 is 2.54 bits per heavy atom. The molecule has 0 aliphatic rings. The predicted molar refractivity (Wildman–Crippen MR) is 104 cm³/mol. The van der Waals surface area contributed by atoms with Gasteiger partial charge >= 0.3 is 5.76 Å². The quantitative estimate of drug-likeness (QED) is 0.589. The maximum absolute atomic E-state index is 12.0. The summed E-state index contributed by atoms with van der Waals surface area (Å²) in [5.41, 5.74) is 2.86. The van der Waals surface area contributed by atoms with E-state index >= 15 is 0 Å². The second-order valence-corrected chi connectivity index (χ2v) is 6.60. The Labute approximate surface area is 153 Å². The van der Waals surface area contributed by atoms with Crippen molar-refractivity contribution in [2.75, 3.05) is 27.2 Å². The summed E-state index contributed by atoms with van der Waals surface area (Å²) < 4.78 is 12.2. The van der Waals surface area contributed by atoms with E-state index in [0.717, 1.165) is 43.6 Å². The molecular weight excluding hydrogens is 328 g/mol. The highest BCUT2D eigenvalue weighted by Crippen LogP contribution is 2.13. The minimum atomic E-state index is -0.270. The first-order chi connectivity index (χ1) is 12.7. The molecule has 5 nitrogen and oxygen atoms in total. The molecule has 1 aromatic heterocycles. The third kappa shape index (κ3) is 4.55. The van der Waals surface area contributed by atoms with Crippen LogP contribution in [0, 0.1) is 0 Å². The zero-order valence-electron chi connectivity index (χ0n) is 15.5. The summed E-state index contributed by atoms with van der Waals surface area (Å²) in [5, 5.41) is 0. The Morgan fingerprint density at radius 2 is 1.77 bits per heavy atom. The standard InChI is InChI=1S/C21H26N2O3/c1-22(14-5-7-17-10-12-18(25-2)13-11-17)15-6-16-23-19-8-3-4-9-20(19)26-21(23)24/h3-4,8-13H,5-7,14-16H2,1-2H3. The molecule has 5 heteroatoms. The van der Waals surface area contributed by atoms with E-state index < -0.39 is 0 Å². The number of ether oxygens (including phenoxy) is 1. The largest absolute Gasteiger partial charge is 0.497 e. The zero-order chi connectivity index (χ0) is 18.4. The number of benzene rings is 2. The Kier molecular flexibility index (Phi) is 6.12. The number of hydrogen-bond acceptors (Lipinski definition) is 4. The first kappa shape index (κ1) is 18.3. The number of fused-ring (bicyclic) bond motifs is 1. The van der Waals surface area contributed by atoms with Gasteiger partial charge in [-0.2, -0.15) is 0 Å². The number of oxazole rings is 1. The fraction of sp³-hybridized carbons (Fsp3) is 0.381. The van der Waals surface area contributed by atoms with Crippen LogP contribution in [0.4, 0.5) is 0 Å². The summed E-state index contributed by atoms with van der Waals surface area (Å²) in [5.74, 6) is 0.626. The molecule has 0 unspecified atom stereocenters. The van der Waals surface area contributed by atoms with E-state index in [-0.39, 0.29) is 5.76 Å². The number of aryl methyl sites for hydroxylation is 2. The molecule has 0 saturated heterocycles. The molecule has 0 radical (unpaired) electrons. The third-order valence-corrected chi connectivity index (χ3v) is 4.66. The van der Waals surface area contributed by atoms with E-state index in [1.54, 1.807) is 11.7 Å². The minimum Gasteiger partial charge on any atom is -0.497 e. The first-order valence-corrected chi connectivity index (χ1v) is 9.07. The topological polar surface area (TPSA) is 47.6 Å². The Balaban J connectivity index is 1.41. The van der Waals surface area contributed by atoms with Gasteiger partial charge < -0.3 is 14.1 Å². The van der Waals surface area contributed by atoms with Gasteiger partial charge in [-0.25, -0.2) is 4.79 Å². The lowest BCUT2D eigenvalue weighted by Crippen LogP contribution is -2.24. The van der Waals surface area contributed by atoms with Crippen LogP contribution in [0.2, 0.25) is 0 Å². The molecule has 0 N–H and O–H groups in total. The van der Waals surface area contributed by atoms with E-state index in [1.807, 2.05) is 36.4 Å². The van der Waals surface area contributed by atoms with E-state index in [9.17, 15) is 4.79 Å². The molecule has 3 rings (SSSR count). The first-order valence-electron chi connectivity index (χ1n) is 9.07. The fourth-order valence-electron chi connectivity index (χ4n) is 3.18. The molecule has 0 saturated carbocycles. The number of rotatable bonds is 9. The van der Waals surface area contributed by atoms with Crippen LogP contribution in [-0.4, -0.2) is 36.7 Å². The maximum Gasteiger partial charge on any atom is 0.419 e. The summed E-state index contributed by atoms with van der Waals surface area (Å²) in [6.07, 6.45) is 3.08. The molecule has 0 fully saturated rings. The minimum absolute atomic E-state index is 0.270. The van der Waals surface area contributed by atoms with Gasteiger partial charge in [0.1, 0.15) is 5.75 Å². The zero-order valence-corrected chi connectivity index (χ0v) is 15.5. The van der Waals surface area contributed by atoms with E-state index in [2.05, 4.69) is 24.1 Å². The lowest BCUT2D eigenvalue weighted by molar-refractivity contribution is 0.315. The molecule has 0 aliphatic carbocycles. The molecule has 138 valence electrons. The Hall–Kier alpha value is -2.53. The molecule has 26 heavy (non-hydrogen) atoms. The van der Waals surface area contributed by atoms with Crippen LogP contribution < -0.4 is 10.5 Å². The third-order valence-electron chi connectivity index (χ3n) is 4.66. The maximum atomic E-state index is 12.0. The normalized spacial score (nSPS) is 11.3. The van der Waals surface area contributed by atoms with Crippen molar-refractivity contribution >= 4 is 11.1 Å². The lowest BCUT2D eigenvalue weighted by atomic mass is 10.1. The molecular formula is C21H26N2O3. The molecule has 0 spiro atoms. The smallest absolute Gasteiger partial charge is 0.419 e.